The highest BCUT2D eigenvalue weighted by Gasteiger charge is 2.43. The lowest BCUT2D eigenvalue weighted by Crippen LogP contribution is -2.59. The Labute approximate surface area is 337 Å². The van der Waals surface area contributed by atoms with Gasteiger partial charge in [-0.3, -0.25) is 33.5 Å². The van der Waals surface area contributed by atoms with E-state index in [2.05, 4.69) is 0 Å². The van der Waals surface area contributed by atoms with E-state index in [-0.39, 0.29) is 39.1 Å². The maximum absolute atomic E-state index is 13.2. The number of quaternary nitrogens is 1. The molecule has 12 atom stereocenters. The Bertz CT molecular complexity index is 1240. The molecule has 0 aromatic carbocycles. The number of aliphatic carboxylic acids is 3. The Balaban J connectivity index is 3.79. The Morgan fingerprint density at radius 1 is 0.712 bits per heavy atom. The van der Waals surface area contributed by atoms with E-state index in [1.54, 1.807) is 11.0 Å². The van der Waals surface area contributed by atoms with Crippen LogP contribution in [0, 0.1) is 5.92 Å². The van der Waals surface area contributed by atoms with E-state index in [4.69, 9.17) is 14.9 Å². The number of rotatable bonds is 32. The molecule has 0 spiro atoms. The van der Waals surface area contributed by atoms with Crippen LogP contribution in [0.1, 0.15) is 19.3 Å². The van der Waals surface area contributed by atoms with Crippen molar-refractivity contribution >= 4 is 30.8 Å². The smallest absolute Gasteiger partial charge is 0.317 e. The number of hydroxylamine groups is 2. The minimum Gasteiger partial charge on any atom is -0.480 e. The lowest BCUT2D eigenvalue weighted by Gasteiger charge is -2.42. The minimum atomic E-state index is -2.18. The van der Waals surface area contributed by atoms with Gasteiger partial charge in [-0.25, -0.2) is 9.69 Å². The Kier molecular flexibility index (Phi) is 24.6. The normalized spacial score (nSPS) is 23.0. The first-order valence-electron chi connectivity index (χ1n) is 18.4. The monoisotopic (exact) mass is 865 g/mol. The van der Waals surface area contributed by atoms with E-state index >= 15 is 0 Å². The number of amides is 1. The first kappa shape index (κ1) is 53.8. The van der Waals surface area contributed by atoms with Gasteiger partial charge in [-0.1, -0.05) is 0 Å². The molecular formula is C32H61N6O21+. The molecule has 1 aliphatic heterocycles. The van der Waals surface area contributed by atoms with Gasteiger partial charge in [0.1, 0.15) is 62.1 Å². The van der Waals surface area contributed by atoms with Gasteiger partial charge in [0, 0.05) is 44.8 Å². The predicted octanol–water partition coefficient (Wildman–Crippen LogP) is -9.06. The SMILES string of the molecule is O=COCN(CC(=O)O)C1C(CC[N+](C=O)(CCC(NO)C(O)C(O)C(O)C(O)CO)CCC(NO)C(O)C(O)C(O)C(O)CO)CN(CC(=O)O)CCN1CC(=O)O. The van der Waals surface area contributed by atoms with Crippen molar-refractivity contribution in [2.24, 2.45) is 5.92 Å². The summed E-state index contributed by atoms with van der Waals surface area (Å²) >= 11 is 0. The number of carboxylic acid groups (broad SMARTS) is 3. The lowest BCUT2D eigenvalue weighted by atomic mass is 9.94. The number of nitrogens with zero attached hydrogens (tertiary/aromatic N) is 4. The molecule has 1 heterocycles. The summed E-state index contributed by atoms with van der Waals surface area (Å²) in [6, 6.07) is -3.15. The molecule has 1 aliphatic rings. The second-order valence-electron chi connectivity index (χ2n) is 14.5. The Hall–Kier alpha value is -3.17. The quantitative estimate of drug-likeness (QED) is 0.0129. The number of carbonyl (C=O) groups excluding carboxylic acids is 2. The summed E-state index contributed by atoms with van der Waals surface area (Å²) in [5, 5.41) is 150. The van der Waals surface area contributed by atoms with Crippen LogP contribution in [0.4, 0.5) is 0 Å². The molecule has 0 radical (unpaired) electrons. The molecule has 0 bridgehead atoms. The van der Waals surface area contributed by atoms with E-state index in [0.717, 1.165) is 4.90 Å². The molecule has 0 aromatic heterocycles. The number of nitrogens with one attached hydrogen (secondary N) is 2. The predicted molar refractivity (Wildman–Crippen MR) is 191 cm³/mol. The van der Waals surface area contributed by atoms with Crippen LogP contribution in [0.15, 0.2) is 0 Å². The minimum absolute atomic E-state index is 0.0219. The van der Waals surface area contributed by atoms with Crippen molar-refractivity contribution in [1.29, 1.82) is 0 Å². The zero-order chi connectivity index (χ0) is 45.0. The van der Waals surface area contributed by atoms with Gasteiger partial charge in [-0.2, -0.15) is 11.0 Å². The van der Waals surface area contributed by atoms with Gasteiger partial charge >= 0.3 is 24.3 Å². The molecule has 1 saturated heterocycles. The summed E-state index contributed by atoms with van der Waals surface area (Å²) in [6.07, 6.45) is -18.5. The van der Waals surface area contributed by atoms with Gasteiger partial charge in [0.05, 0.1) is 64.2 Å². The largest absolute Gasteiger partial charge is 0.480 e. The summed E-state index contributed by atoms with van der Waals surface area (Å²) < 4.78 is 4.08. The number of carbonyl (C=O) groups is 5. The van der Waals surface area contributed by atoms with Crippen molar-refractivity contribution in [3.63, 3.8) is 0 Å². The highest BCUT2D eigenvalue weighted by Crippen LogP contribution is 2.27. The fourth-order valence-electron chi connectivity index (χ4n) is 7.07. The third-order valence-electron chi connectivity index (χ3n) is 10.4. The molecule has 1 fully saturated rings. The van der Waals surface area contributed by atoms with E-state index in [1.165, 1.54) is 9.80 Å². The van der Waals surface area contributed by atoms with Gasteiger partial charge in [0.2, 0.25) is 0 Å². The molecule has 0 saturated carbocycles. The zero-order valence-electron chi connectivity index (χ0n) is 32.1. The van der Waals surface area contributed by atoms with Gasteiger partial charge in [0.15, 0.2) is 0 Å². The van der Waals surface area contributed by atoms with E-state index < -0.39 is 161 Å². The lowest BCUT2D eigenvalue weighted by molar-refractivity contribution is -0.847. The second kappa shape index (κ2) is 26.9. The topological polar surface area (TPSA) is 432 Å². The number of aliphatic hydroxyl groups is 10. The van der Waals surface area contributed by atoms with E-state index in [0.29, 0.717) is 6.41 Å². The highest BCUT2D eigenvalue weighted by atomic mass is 16.5. The Morgan fingerprint density at radius 3 is 1.59 bits per heavy atom. The van der Waals surface area contributed by atoms with Crippen LogP contribution >= 0.6 is 0 Å². The molecule has 27 nitrogen and oxygen atoms in total. The molecule has 1 rings (SSSR count). The van der Waals surface area contributed by atoms with Crippen molar-refractivity contribution in [3.8, 4) is 0 Å². The van der Waals surface area contributed by atoms with Crippen LogP contribution in [0.3, 0.4) is 0 Å². The van der Waals surface area contributed by atoms with Crippen LogP contribution in [-0.4, -0.2) is 273 Å². The fraction of sp³-hybridized carbons (Fsp3) is 0.844. The summed E-state index contributed by atoms with van der Waals surface area (Å²) in [5.74, 6) is -4.99. The number of aliphatic hydroxyl groups excluding tert-OH is 10. The fourth-order valence-corrected chi connectivity index (χ4v) is 7.07. The molecule has 0 aromatic rings. The average Bonchev–Trinajstić information content (AvgIpc) is 3.36. The summed E-state index contributed by atoms with van der Waals surface area (Å²) in [4.78, 5) is 64.1. The van der Waals surface area contributed by atoms with Crippen LogP contribution in [0.5, 0.6) is 0 Å². The molecule has 1 amide bonds. The van der Waals surface area contributed by atoms with E-state index in [1.807, 2.05) is 0 Å². The third-order valence-corrected chi connectivity index (χ3v) is 10.4. The zero-order valence-corrected chi connectivity index (χ0v) is 32.1. The van der Waals surface area contributed by atoms with Crippen molar-refractivity contribution < 1.29 is 110 Å². The molecule has 27 heteroatoms. The van der Waals surface area contributed by atoms with Crippen molar-refractivity contribution in [1.82, 2.24) is 25.7 Å². The third kappa shape index (κ3) is 17.0. The molecule has 12 unspecified atom stereocenters. The standard InChI is InChI=1S/C32H60N6O21/c39-13-21(43)28(53)30(55)26(51)19(33-57)2-7-38(16-41,8-3-20(34-58)27(52)31(56)29(54)22(44)14-40)6-1-18-9-35(10-23(45)46)4-5-36(11-24(47)48)32(18)37(12-25(49)50)15-59-17-42/h16-22,26-34,39-40,43-44,51-58H,1-15H2,(H2-,45,46,47,48,49,50)/p+1. The molecule has 17 N–H and O–H groups in total. The van der Waals surface area contributed by atoms with Crippen molar-refractivity contribution in [3.05, 3.63) is 0 Å². The molecule has 344 valence electrons. The summed E-state index contributed by atoms with van der Waals surface area (Å²) in [7, 11) is 0. The van der Waals surface area contributed by atoms with Gasteiger partial charge < -0.3 is 81.5 Å². The van der Waals surface area contributed by atoms with Crippen LogP contribution < -0.4 is 11.0 Å². The number of hydrogen-bond donors (Lipinski definition) is 17. The molecule has 0 aliphatic carbocycles. The first-order chi connectivity index (χ1) is 27.8. The summed E-state index contributed by atoms with van der Waals surface area (Å²) in [6.45, 7) is -6.22. The number of ether oxygens (including phenoxy) is 1. The van der Waals surface area contributed by atoms with Crippen LogP contribution in [0.2, 0.25) is 0 Å². The van der Waals surface area contributed by atoms with Crippen molar-refractivity contribution in [2.45, 2.75) is 86.3 Å². The molecule has 59 heavy (non-hydrogen) atoms. The van der Waals surface area contributed by atoms with Gasteiger partial charge in [-0.15, -0.1) is 0 Å². The molecular weight excluding hydrogens is 804 g/mol. The van der Waals surface area contributed by atoms with Crippen LogP contribution in [0.25, 0.3) is 0 Å². The van der Waals surface area contributed by atoms with Crippen LogP contribution in [-0.2, 0) is 28.7 Å². The Morgan fingerprint density at radius 2 is 1.20 bits per heavy atom. The van der Waals surface area contributed by atoms with Crippen molar-refractivity contribution in [2.75, 3.05) is 78.8 Å². The average molecular weight is 866 g/mol. The number of hydrogen-bond acceptors (Lipinski definition) is 23. The van der Waals surface area contributed by atoms with Gasteiger partial charge in [-0.05, 0) is 0 Å². The highest BCUT2D eigenvalue weighted by molar-refractivity contribution is 5.70. The second-order valence-corrected chi connectivity index (χ2v) is 14.5. The summed E-state index contributed by atoms with van der Waals surface area (Å²) in [5.41, 5.74) is 3.47. The first-order valence-corrected chi connectivity index (χ1v) is 18.4. The maximum atomic E-state index is 13.2. The number of carboxylic acids is 3. The van der Waals surface area contributed by atoms with E-state index in [9.17, 15) is 90.6 Å². The maximum Gasteiger partial charge on any atom is 0.317 e. The van der Waals surface area contributed by atoms with Gasteiger partial charge in [0.25, 0.3) is 6.47 Å².